The number of rotatable bonds is 8. The van der Waals surface area contributed by atoms with Gasteiger partial charge in [0.25, 0.3) is 0 Å². The van der Waals surface area contributed by atoms with Gasteiger partial charge in [-0.3, -0.25) is 14.9 Å². The highest BCUT2D eigenvalue weighted by Crippen LogP contribution is 2.05. The van der Waals surface area contributed by atoms with E-state index in [1.165, 1.54) is 7.11 Å². The monoisotopic (exact) mass is 258 g/mol. The van der Waals surface area contributed by atoms with E-state index >= 15 is 0 Å². The van der Waals surface area contributed by atoms with Crippen molar-refractivity contribution < 1.29 is 14.3 Å². The lowest BCUT2D eigenvalue weighted by Gasteiger charge is -2.19. The van der Waals surface area contributed by atoms with Gasteiger partial charge in [-0.15, -0.1) is 0 Å². The Balaban J connectivity index is 4.17. The number of amides is 1. The SMILES string of the molecule is CCC(C)NC(=O)CNC(CC(C)C)C(=O)OC. The standard InChI is InChI=1S/C13H26N2O3/c1-6-10(4)15-12(16)8-14-11(7-9(2)3)13(17)18-5/h9-11,14H,6-8H2,1-5H3,(H,15,16). The average Bonchev–Trinajstić information content (AvgIpc) is 2.32. The Hall–Kier alpha value is -1.10. The first-order chi connectivity index (χ1) is 8.40. The van der Waals surface area contributed by atoms with Gasteiger partial charge in [0, 0.05) is 6.04 Å². The van der Waals surface area contributed by atoms with Gasteiger partial charge < -0.3 is 10.1 Å². The predicted molar refractivity (Wildman–Crippen MR) is 71.2 cm³/mol. The molecule has 0 aliphatic heterocycles. The van der Waals surface area contributed by atoms with Crippen molar-refractivity contribution in [2.75, 3.05) is 13.7 Å². The van der Waals surface area contributed by atoms with Gasteiger partial charge in [0.05, 0.1) is 13.7 Å². The number of nitrogens with one attached hydrogen (secondary N) is 2. The molecule has 106 valence electrons. The van der Waals surface area contributed by atoms with E-state index in [-0.39, 0.29) is 24.5 Å². The van der Waals surface area contributed by atoms with E-state index in [9.17, 15) is 9.59 Å². The molecular weight excluding hydrogens is 232 g/mol. The highest BCUT2D eigenvalue weighted by Gasteiger charge is 2.20. The molecule has 1 amide bonds. The number of hydrogen-bond donors (Lipinski definition) is 2. The van der Waals surface area contributed by atoms with E-state index < -0.39 is 6.04 Å². The highest BCUT2D eigenvalue weighted by atomic mass is 16.5. The second kappa shape index (κ2) is 8.91. The molecule has 0 rings (SSSR count). The third-order valence-corrected chi connectivity index (χ3v) is 2.72. The van der Waals surface area contributed by atoms with Crippen molar-refractivity contribution in [2.24, 2.45) is 5.92 Å². The van der Waals surface area contributed by atoms with Crippen molar-refractivity contribution in [3.63, 3.8) is 0 Å². The normalized spacial score (nSPS) is 14.1. The maximum Gasteiger partial charge on any atom is 0.322 e. The van der Waals surface area contributed by atoms with Gasteiger partial charge in [-0.05, 0) is 25.7 Å². The summed E-state index contributed by atoms with van der Waals surface area (Å²) < 4.78 is 4.71. The molecule has 2 N–H and O–H groups in total. The molecule has 0 saturated carbocycles. The molecular formula is C13H26N2O3. The highest BCUT2D eigenvalue weighted by molar-refractivity contribution is 5.80. The molecule has 0 aromatic carbocycles. The molecule has 5 heteroatoms. The first-order valence-electron chi connectivity index (χ1n) is 6.51. The van der Waals surface area contributed by atoms with Crippen LogP contribution in [0.4, 0.5) is 0 Å². The van der Waals surface area contributed by atoms with Gasteiger partial charge >= 0.3 is 5.97 Å². The summed E-state index contributed by atoms with van der Waals surface area (Å²) in [6.07, 6.45) is 1.54. The minimum atomic E-state index is -0.419. The molecule has 2 unspecified atom stereocenters. The van der Waals surface area contributed by atoms with Gasteiger partial charge in [0.2, 0.25) is 5.91 Å². The fraction of sp³-hybridized carbons (Fsp3) is 0.846. The van der Waals surface area contributed by atoms with Gasteiger partial charge in [-0.1, -0.05) is 20.8 Å². The molecule has 0 spiro atoms. The third kappa shape index (κ3) is 7.27. The van der Waals surface area contributed by atoms with Crippen molar-refractivity contribution >= 4 is 11.9 Å². The van der Waals surface area contributed by atoms with E-state index in [4.69, 9.17) is 4.74 Å². The lowest BCUT2D eigenvalue weighted by atomic mass is 10.0. The van der Waals surface area contributed by atoms with Crippen LogP contribution in [0, 0.1) is 5.92 Å². The maximum absolute atomic E-state index is 11.6. The van der Waals surface area contributed by atoms with Gasteiger partial charge in [0.1, 0.15) is 6.04 Å². The van der Waals surface area contributed by atoms with Gasteiger partial charge in [0.15, 0.2) is 0 Å². The van der Waals surface area contributed by atoms with E-state index in [1.54, 1.807) is 0 Å². The van der Waals surface area contributed by atoms with Crippen LogP contribution >= 0.6 is 0 Å². The molecule has 0 aliphatic carbocycles. The lowest BCUT2D eigenvalue weighted by molar-refractivity contribution is -0.143. The molecule has 18 heavy (non-hydrogen) atoms. The topological polar surface area (TPSA) is 67.4 Å². The Morgan fingerprint density at radius 1 is 1.22 bits per heavy atom. The van der Waals surface area contributed by atoms with Crippen molar-refractivity contribution in [3.8, 4) is 0 Å². The van der Waals surface area contributed by atoms with E-state index in [0.717, 1.165) is 6.42 Å². The van der Waals surface area contributed by atoms with E-state index in [0.29, 0.717) is 12.3 Å². The van der Waals surface area contributed by atoms with Crippen LogP contribution in [0.3, 0.4) is 0 Å². The second-order valence-corrected chi connectivity index (χ2v) is 4.96. The predicted octanol–water partition coefficient (Wildman–Crippen LogP) is 1.08. The van der Waals surface area contributed by atoms with Crippen LogP contribution in [0.15, 0.2) is 0 Å². The zero-order chi connectivity index (χ0) is 14.1. The van der Waals surface area contributed by atoms with Crippen LogP contribution in [0.2, 0.25) is 0 Å². The molecule has 0 radical (unpaired) electrons. The molecule has 0 aliphatic rings. The van der Waals surface area contributed by atoms with E-state index in [1.807, 2.05) is 27.7 Å². The lowest BCUT2D eigenvalue weighted by Crippen LogP contribution is -2.45. The number of carbonyl (C=O) groups excluding carboxylic acids is 2. The summed E-state index contributed by atoms with van der Waals surface area (Å²) in [5, 5.41) is 5.79. The van der Waals surface area contributed by atoms with Gasteiger partial charge in [-0.25, -0.2) is 0 Å². The Morgan fingerprint density at radius 3 is 2.28 bits per heavy atom. The summed E-state index contributed by atoms with van der Waals surface area (Å²) in [6, 6.07) is -0.265. The minimum Gasteiger partial charge on any atom is -0.468 e. The van der Waals surface area contributed by atoms with Crippen molar-refractivity contribution in [1.29, 1.82) is 0 Å². The first kappa shape index (κ1) is 16.9. The zero-order valence-electron chi connectivity index (χ0n) is 12.1. The van der Waals surface area contributed by atoms with Crippen molar-refractivity contribution in [1.82, 2.24) is 10.6 Å². The number of methoxy groups -OCH3 is 1. The smallest absolute Gasteiger partial charge is 0.322 e. The molecule has 5 nitrogen and oxygen atoms in total. The summed E-state index contributed by atoms with van der Waals surface area (Å²) in [7, 11) is 1.36. The molecule has 0 bridgehead atoms. The van der Waals surface area contributed by atoms with Crippen LogP contribution in [0.1, 0.15) is 40.5 Å². The number of carbonyl (C=O) groups is 2. The summed E-state index contributed by atoms with van der Waals surface area (Å²) in [5.41, 5.74) is 0. The Morgan fingerprint density at radius 2 is 1.83 bits per heavy atom. The Kier molecular flexibility index (Phi) is 8.37. The molecule has 0 heterocycles. The molecule has 0 aromatic rings. The average molecular weight is 258 g/mol. The summed E-state index contributed by atoms with van der Waals surface area (Å²) in [5.74, 6) is -0.0544. The number of hydrogen-bond acceptors (Lipinski definition) is 4. The quantitative estimate of drug-likeness (QED) is 0.639. The molecule has 0 aromatic heterocycles. The summed E-state index contributed by atoms with van der Waals surface area (Å²) >= 11 is 0. The fourth-order valence-electron chi connectivity index (χ4n) is 1.52. The van der Waals surface area contributed by atoms with Crippen molar-refractivity contribution in [3.05, 3.63) is 0 Å². The minimum absolute atomic E-state index is 0.0954. The summed E-state index contributed by atoms with van der Waals surface area (Å²) in [6.45, 7) is 8.14. The van der Waals surface area contributed by atoms with Crippen LogP contribution < -0.4 is 10.6 Å². The van der Waals surface area contributed by atoms with Crippen LogP contribution in [-0.4, -0.2) is 37.6 Å². The molecule has 2 atom stereocenters. The maximum atomic E-state index is 11.6. The van der Waals surface area contributed by atoms with Crippen LogP contribution in [0.5, 0.6) is 0 Å². The second-order valence-electron chi connectivity index (χ2n) is 4.96. The Bertz CT molecular complexity index is 267. The summed E-state index contributed by atoms with van der Waals surface area (Å²) in [4.78, 5) is 23.1. The zero-order valence-corrected chi connectivity index (χ0v) is 12.1. The number of esters is 1. The molecule has 0 saturated heterocycles. The fourth-order valence-corrected chi connectivity index (χ4v) is 1.52. The third-order valence-electron chi connectivity index (χ3n) is 2.72. The first-order valence-corrected chi connectivity index (χ1v) is 6.51. The Labute approximate surface area is 110 Å². The largest absolute Gasteiger partial charge is 0.468 e. The van der Waals surface area contributed by atoms with Gasteiger partial charge in [-0.2, -0.15) is 0 Å². The van der Waals surface area contributed by atoms with Crippen LogP contribution in [-0.2, 0) is 14.3 Å². The van der Waals surface area contributed by atoms with Crippen molar-refractivity contribution in [2.45, 2.75) is 52.6 Å². The van der Waals surface area contributed by atoms with Crippen LogP contribution in [0.25, 0.3) is 0 Å². The molecule has 0 fully saturated rings. The van der Waals surface area contributed by atoms with E-state index in [2.05, 4.69) is 10.6 Å². The number of ether oxygens (including phenoxy) is 1.